The normalized spacial score (nSPS) is 43.0. The van der Waals surface area contributed by atoms with Gasteiger partial charge in [-0.05, 0) is 31.1 Å². The smallest absolute Gasteiger partial charge is 0.136 e. The van der Waals surface area contributed by atoms with Crippen LogP contribution in [0.25, 0.3) is 0 Å². The molecular formula is C10H16O. The quantitative estimate of drug-likeness (QED) is 0.564. The first-order chi connectivity index (χ1) is 5.33. The third kappa shape index (κ3) is 1.02. The van der Waals surface area contributed by atoms with Crippen LogP contribution in [-0.4, -0.2) is 5.78 Å². The number of ketones is 1. The summed E-state index contributed by atoms with van der Waals surface area (Å²) in [5, 5.41) is 0. The lowest BCUT2D eigenvalue weighted by Crippen LogP contribution is -2.13. The number of Topliss-reactive ketones (excluding diaryl/α,β-unsaturated/α-hetero) is 1. The van der Waals surface area contributed by atoms with E-state index in [9.17, 15) is 4.79 Å². The van der Waals surface area contributed by atoms with Crippen LogP contribution in [-0.2, 0) is 4.79 Å². The van der Waals surface area contributed by atoms with E-state index in [0.717, 1.165) is 24.7 Å². The van der Waals surface area contributed by atoms with Crippen LogP contribution in [0.1, 0.15) is 39.0 Å². The summed E-state index contributed by atoms with van der Waals surface area (Å²) in [6.45, 7) is 2.16. The minimum Gasteiger partial charge on any atom is -0.299 e. The van der Waals surface area contributed by atoms with Gasteiger partial charge in [-0.25, -0.2) is 0 Å². The van der Waals surface area contributed by atoms with Gasteiger partial charge >= 0.3 is 0 Å². The zero-order valence-corrected chi connectivity index (χ0v) is 7.18. The summed E-state index contributed by atoms with van der Waals surface area (Å²) in [5.41, 5.74) is 0. The highest BCUT2D eigenvalue weighted by molar-refractivity contribution is 5.83. The van der Waals surface area contributed by atoms with E-state index in [0.29, 0.717) is 11.7 Å². The molecule has 0 aromatic carbocycles. The average Bonchev–Trinajstić information content (AvgIpc) is 2.46. The molecule has 2 fully saturated rings. The molecule has 62 valence electrons. The third-order valence-corrected chi connectivity index (χ3v) is 3.55. The molecule has 2 rings (SSSR count). The Kier molecular flexibility index (Phi) is 1.74. The van der Waals surface area contributed by atoms with E-state index in [-0.39, 0.29) is 0 Å². The van der Waals surface area contributed by atoms with Crippen LogP contribution in [0.15, 0.2) is 0 Å². The maximum Gasteiger partial charge on any atom is 0.136 e. The fourth-order valence-corrected chi connectivity index (χ4v) is 3.03. The Morgan fingerprint density at radius 2 is 2.27 bits per heavy atom. The molecular weight excluding hydrogens is 136 g/mol. The number of rotatable bonds is 1. The van der Waals surface area contributed by atoms with Crippen LogP contribution in [0.3, 0.4) is 0 Å². The van der Waals surface area contributed by atoms with Gasteiger partial charge in [0.1, 0.15) is 5.78 Å². The molecule has 0 aromatic heterocycles. The van der Waals surface area contributed by atoms with Crippen LogP contribution in [0, 0.1) is 17.8 Å². The van der Waals surface area contributed by atoms with E-state index in [1.165, 1.54) is 19.3 Å². The standard InChI is InChI=1S/C10H16O/c1-2-8-9-5-3-4-7(9)6-10(8)11/h7-9H,2-6H2,1H3. The molecule has 11 heavy (non-hydrogen) atoms. The summed E-state index contributed by atoms with van der Waals surface area (Å²) in [5.74, 6) is 2.57. The Morgan fingerprint density at radius 3 is 3.00 bits per heavy atom. The monoisotopic (exact) mass is 152 g/mol. The van der Waals surface area contributed by atoms with Crippen LogP contribution < -0.4 is 0 Å². The second kappa shape index (κ2) is 2.62. The largest absolute Gasteiger partial charge is 0.299 e. The van der Waals surface area contributed by atoms with Gasteiger partial charge in [0.25, 0.3) is 0 Å². The van der Waals surface area contributed by atoms with Crippen LogP contribution in [0.4, 0.5) is 0 Å². The van der Waals surface area contributed by atoms with Crippen molar-refractivity contribution >= 4 is 5.78 Å². The summed E-state index contributed by atoms with van der Waals surface area (Å²) in [4.78, 5) is 11.4. The Morgan fingerprint density at radius 1 is 1.45 bits per heavy atom. The van der Waals surface area contributed by atoms with E-state index in [2.05, 4.69) is 6.92 Å². The summed E-state index contributed by atoms with van der Waals surface area (Å²) in [6, 6.07) is 0. The van der Waals surface area contributed by atoms with Gasteiger partial charge in [0.2, 0.25) is 0 Å². The summed E-state index contributed by atoms with van der Waals surface area (Å²) < 4.78 is 0. The Bertz CT molecular complexity index is 174. The van der Waals surface area contributed by atoms with Crippen molar-refractivity contribution in [3.8, 4) is 0 Å². The van der Waals surface area contributed by atoms with E-state index < -0.39 is 0 Å². The second-order valence-corrected chi connectivity index (χ2v) is 4.04. The van der Waals surface area contributed by atoms with Gasteiger partial charge in [-0.2, -0.15) is 0 Å². The lowest BCUT2D eigenvalue weighted by atomic mass is 9.90. The molecule has 0 aliphatic heterocycles. The fourth-order valence-electron chi connectivity index (χ4n) is 3.03. The van der Waals surface area contributed by atoms with E-state index in [1.54, 1.807) is 0 Å². The predicted molar refractivity (Wildman–Crippen MR) is 44.2 cm³/mol. The highest BCUT2D eigenvalue weighted by atomic mass is 16.1. The molecule has 0 spiro atoms. The van der Waals surface area contributed by atoms with Crippen LogP contribution in [0.2, 0.25) is 0 Å². The first-order valence-corrected chi connectivity index (χ1v) is 4.85. The molecule has 0 radical (unpaired) electrons. The highest BCUT2D eigenvalue weighted by Gasteiger charge is 2.43. The molecule has 0 heterocycles. The van der Waals surface area contributed by atoms with Crippen molar-refractivity contribution in [2.45, 2.75) is 39.0 Å². The van der Waals surface area contributed by atoms with E-state index >= 15 is 0 Å². The highest BCUT2D eigenvalue weighted by Crippen LogP contribution is 2.46. The average molecular weight is 152 g/mol. The first-order valence-electron chi connectivity index (χ1n) is 4.85. The minimum absolute atomic E-state index is 0.447. The van der Waals surface area contributed by atoms with Gasteiger partial charge in [0, 0.05) is 12.3 Å². The van der Waals surface area contributed by atoms with Crippen LogP contribution >= 0.6 is 0 Å². The van der Waals surface area contributed by atoms with E-state index in [1.807, 2.05) is 0 Å². The van der Waals surface area contributed by atoms with Gasteiger partial charge in [-0.15, -0.1) is 0 Å². The lowest BCUT2D eigenvalue weighted by molar-refractivity contribution is -0.121. The molecule has 3 atom stereocenters. The fraction of sp³-hybridized carbons (Fsp3) is 0.900. The molecule has 0 saturated heterocycles. The third-order valence-electron chi connectivity index (χ3n) is 3.55. The second-order valence-electron chi connectivity index (χ2n) is 4.04. The zero-order valence-electron chi connectivity index (χ0n) is 7.18. The predicted octanol–water partition coefficient (Wildman–Crippen LogP) is 2.40. The molecule has 1 heteroatoms. The van der Waals surface area contributed by atoms with Gasteiger partial charge < -0.3 is 0 Å². The molecule has 2 aliphatic carbocycles. The first kappa shape index (κ1) is 7.33. The number of hydrogen-bond acceptors (Lipinski definition) is 1. The van der Waals surface area contributed by atoms with Crippen LogP contribution in [0.5, 0.6) is 0 Å². The molecule has 3 unspecified atom stereocenters. The van der Waals surface area contributed by atoms with Crippen molar-refractivity contribution in [2.75, 3.05) is 0 Å². The van der Waals surface area contributed by atoms with Gasteiger partial charge in [0.05, 0.1) is 0 Å². The maximum atomic E-state index is 11.4. The van der Waals surface area contributed by atoms with Crippen molar-refractivity contribution < 1.29 is 4.79 Å². The topological polar surface area (TPSA) is 17.1 Å². The number of carbonyl (C=O) groups is 1. The summed E-state index contributed by atoms with van der Waals surface area (Å²) in [6.07, 6.45) is 6.02. The Labute approximate surface area is 68.2 Å². The number of carbonyl (C=O) groups excluding carboxylic acids is 1. The molecule has 0 aromatic rings. The van der Waals surface area contributed by atoms with Gasteiger partial charge in [-0.1, -0.05) is 13.3 Å². The SMILES string of the molecule is CCC1C(=O)CC2CCCC21. The molecule has 0 amide bonds. The molecule has 1 nitrogen and oxygen atoms in total. The van der Waals surface area contributed by atoms with Crippen molar-refractivity contribution in [2.24, 2.45) is 17.8 Å². The number of fused-ring (bicyclic) bond motifs is 1. The summed E-state index contributed by atoms with van der Waals surface area (Å²) in [7, 11) is 0. The molecule has 0 bridgehead atoms. The molecule has 0 N–H and O–H groups in total. The molecule has 2 aliphatic rings. The Balaban J connectivity index is 2.13. The molecule has 2 saturated carbocycles. The zero-order chi connectivity index (χ0) is 7.84. The van der Waals surface area contributed by atoms with Crippen molar-refractivity contribution in [3.05, 3.63) is 0 Å². The number of hydrogen-bond donors (Lipinski definition) is 0. The van der Waals surface area contributed by atoms with E-state index in [4.69, 9.17) is 0 Å². The Hall–Kier alpha value is -0.330. The minimum atomic E-state index is 0.447. The summed E-state index contributed by atoms with van der Waals surface area (Å²) >= 11 is 0. The van der Waals surface area contributed by atoms with Crippen molar-refractivity contribution in [1.29, 1.82) is 0 Å². The maximum absolute atomic E-state index is 11.4. The van der Waals surface area contributed by atoms with Gasteiger partial charge in [0.15, 0.2) is 0 Å². The van der Waals surface area contributed by atoms with Gasteiger partial charge in [-0.3, -0.25) is 4.79 Å². The van der Waals surface area contributed by atoms with Crippen molar-refractivity contribution in [3.63, 3.8) is 0 Å². The lowest BCUT2D eigenvalue weighted by Gasteiger charge is -2.13. The van der Waals surface area contributed by atoms with Crippen molar-refractivity contribution in [1.82, 2.24) is 0 Å².